The van der Waals surface area contributed by atoms with Crippen LogP contribution >= 0.6 is 0 Å². The molecule has 29 heavy (non-hydrogen) atoms. The molecule has 150 valence electrons. The van der Waals surface area contributed by atoms with Crippen LogP contribution in [0.15, 0.2) is 48.5 Å². The van der Waals surface area contributed by atoms with E-state index in [1.165, 1.54) is 0 Å². The van der Waals surface area contributed by atoms with Crippen LogP contribution < -0.4 is 0 Å². The van der Waals surface area contributed by atoms with E-state index in [4.69, 9.17) is 20.4 Å². The van der Waals surface area contributed by atoms with Crippen LogP contribution in [0, 0.1) is 0 Å². The molecule has 0 aliphatic heterocycles. The van der Waals surface area contributed by atoms with Gasteiger partial charge in [-0.25, -0.2) is 4.79 Å². The monoisotopic (exact) mass is 400 g/mol. The molecule has 0 heterocycles. The Hall–Kier alpha value is -3.85. The summed E-state index contributed by atoms with van der Waals surface area (Å²) >= 11 is 0. The summed E-state index contributed by atoms with van der Waals surface area (Å²) in [6.45, 7) is 0. The van der Waals surface area contributed by atoms with Crippen molar-refractivity contribution in [3.05, 3.63) is 70.8 Å². The summed E-state index contributed by atoms with van der Waals surface area (Å²) in [7, 11) is 0. The number of hydrogen-bond donors (Lipinski definition) is 4. The molecular formula is C20H16O9. The first-order valence-electron chi connectivity index (χ1n) is 8.23. The van der Waals surface area contributed by atoms with Crippen molar-refractivity contribution in [3.8, 4) is 0 Å². The molecule has 9 nitrogen and oxygen atoms in total. The highest BCUT2D eigenvalue weighted by Gasteiger charge is 2.40. The lowest BCUT2D eigenvalue weighted by Gasteiger charge is -2.18. The van der Waals surface area contributed by atoms with E-state index in [9.17, 15) is 24.0 Å². The number of aliphatic carboxylic acids is 3. The predicted molar refractivity (Wildman–Crippen MR) is 96.8 cm³/mol. The topological polar surface area (TPSA) is 166 Å². The van der Waals surface area contributed by atoms with Gasteiger partial charge in [0.25, 0.3) is 0 Å². The van der Waals surface area contributed by atoms with E-state index in [0.29, 0.717) is 22.3 Å². The van der Waals surface area contributed by atoms with Gasteiger partial charge < -0.3 is 20.4 Å². The third kappa shape index (κ3) is 4.71. The molecule has 4 N–H and O–H groups in total. The van der Waals surface area contributed by atoms with Crippen molar-refractivity contribution >= 4 is 29.5 Å². The summed E-state index contributed by atoms with van der Waals surface area (Å²) in [4.78, 5) is 54.7. The normalized spacial score (nSPS) is 12.2. The molecule has 0 amide bonds. The quantitative estimate of drug-likeness (QED) is 0.492. The third-order valence-electron chi connectivity index (χ3n) is 4.12. The van der Waals surface area contributed by atoms with Crippen LogP contribution in [0.5, 0.6) is 0 Å². The summed E-state index contributed by atoms with van der Waals surface area (Å²) in [5, 5.41) is 33.8. The molecule has 2 aromatic carbocycles. The van der Waals surface area contributed by atoms with E-state index >= 15 is 0 Å². The maximum absolute atomic E-state index is 12.1. The molecular weight excluding hydrogens is 384 g/mol. The number of rotatable bonds is 5. The van der Waals surface area contributed by atoms with Gasteiger partial charge in [0.1, 0.15) is 0 Å². The second-order valence-electron chi connectivity index (χ2n) is 6.23. The van der Waals surface area contributed by atoms with Gasteiger partial charge in [-0.3, -0.25) is 19.2 Å². The molecule has 9 heteroatoms. The Labute approximate surface area is 163 Å². The molecule has 0 spiro atoms. The SMILES string of the molecule is O=C(O)CC(O)(CC(=O)O)C(=O)O.O=C1c2ccccc2C(=O)c2ccccc21. The molecule has 1 aliphatic rings. The molecule has 0 bridgehead atoms. The first-order chi connectivity index (χ1) is 13.6. The Morgan fingerprint density at radius 1 is 0.655 bits per heavy atom. The summed E-state index contributed by atoms with van der Waals surface area (Å²) in [6.07, 6.45) is -2.29. The van der Waals surface area contributed by atoms with Crippen LogP contribution in [0.3, 0.4) is 0 Å². The summed E-state index contributed by atoms with van der Waals surface area (Å²) in [5.41, 5.74) is -0.715. The predicted octanol–water partition coefficient (Wildman–Crippen LogP) is 1.21. The van der Waals surface area contributed by atoms with Crippen molar-refractivity contribution in [2.24, 2.45) is 0 Å². The van der Waals surface area contributed by atoms with Crippen LogP contribution in [0.25, 0.3) is 0 Å². The van der Waals surface area contributed by atoms with Crippen molar-refractivity contribution in [1.29, 1.82) is 0 Å². The molecule has 0 fully saturated rings. The zero-order valence-corrected chi connectivity index (χ0v) is 14.9. The fourth-order valence-electron chi connectivity index (χ4n) is 2.76. The summed E-state index contributed by atoms with van der Waals surface area (Å²) in [6, 6.07) is 13.9. The van der Waals surface area contributed by atoms with Gasteiger partial charge in [0.2, 0.25) is 0 Å². The first-order valence-corrected chi connectivity index (χ1v) is 8.23. The molecule has 3 rings (SSSR count). The summed E-state index contributed by atoms with van der Waals surface area (Å²) in [5.74, 6) is -5.15. The van der Waals surface area contributed by atoms with Gasteiger partial charge in [-0.1, -0.05) is 48.5 Å². The van der Waals surface area contributed by atoms with E-state index in [0.717, 1.165) is 0 Å². The number of ketones is 2. The lowest BCUT2D eigenvalue weighted by molar-refractivity contribution is -0.170. The molecule has 0 saturated heterocycles. The molecule has 0 radical (unpaired) electrons. The Morgan fingerprint density at radius 3 is 1.14 bits per heavy atom. The molecule has 0 unspecified atom stereocenters. The van der Waals surface area contributed by atoms with Crippen LogP contribution in [-0.4, -0.2) is 55.5 Å². The number of hydrogen-bond acceptors (Lipinski definition) is 6. The lowest BCUT2D eigenvalue weighted by atomic mass is 9.84. The van der Waals surface area contributed by atoms with Crippen LogP contribution in [0.1, 0.15) is 44.7 Å². The standard InChI is InChI=1S/C14H8O2.C6H8O7/c15-13-9-5-1-2-6-10(9)14(16)12-8-4-3-7-11(12)13;7-3(8)1-6(13,5(11)12)2-4(9)10/h1-8H;13H,1-2H2,(H,7,8)(H,9,10)(H,11,12). The molecule has 2 aromatic rings. The Balaban J connectivity index is 0.000000213. The number of carbonyl (C=O) groups is 5. The van der Waals surface area contributed by atoms with Gasteiger partial charge in [-0.05, 0) is 0 Å². The Morgan fingerprint density at radius 2 is 0.931 bits per heavy atom. The number of aliphatic hydroxyl groups is 1. The van der Waals surface area contributed by atoms with E-state index in [2.05, 4.69) is 0 Å². The Bertz CT molecular complexity index is 885. The van der Waals surface area contributed by atoms with Crippen LogP contribution in [-0.2, 0) is 14.4 Å². The fraction of sp³-hybridized carbons (Fsp3) is 0.150. The zero-order chi connectivity index (χ0) is 21.8. The van der Waals surface area contributed by atoms with Crippen LogP contribution in [0.2, 0.25) is 0 Å². The average molecular weight is 400 g/mol. The number of carboxylic acid groups (broad SMARTS) is 3. The maximum atomic E-state index is 12.1. The van der Waals surface area contributed by atoms with E-state index in [-0.39, 0.29) is 11.6 Å². The average Bonchev–Trinajstić information content (AvgIpc) is 2.65. The largest absolute Gasteiger partial charge is 0.481 e. The highest BCUT2D eigenvalue weighted by molar-refractivity contribution is 6.28. The number of benzene rings is 2. The molecule has 1 aliphatic carbocycles. The number of fused-ring (bicyclic) bond motifs is 2. The minimum atomic E-state index is -2.74. The molecule has 0 atom stereocenters. The van der Waals surface area contributed by atoms with Gasteiger partial charge in [-0.2, -0.15) is 0 Å². The van der Waals surface area contributed by atoms with Crippen molar-refractivity contribution in [2.45, 2.75) is 18.4 Å². The van der Waals surface area contributed by atoms with E-state index in [1.807, 2.05) is 0 Å². The minimum absolute atomic E-state index is 0.0641. The second kappa shape index (κ2) is 8.44. The van der Waals surface area contributed by atoms with Gasteiger partial charge >= 0.3 is 17.9 Å². The lowest BCUT2D eigenvalue weighted by Crippen LogP contribution is -2.42. The Kier molecular flexibility index (Phi) is 6.25. The van der Waals surface area contributed by atoms with Crippen molar-refractivity contribution < 1.29 is 44.4 Å². The van der Waals surface area contributed by atoms with Crippen molar-refractivity contribution in [2.75, 3.05) is 0 Å². The molecule has 0 aromatic heterocycles. The first kappa shape index (κ1) is 21.5. The minimum Gasteiger partial charge on any atom is -0.481 e. The van der Waals surface area contributed by atoms with Crippen LogP contribution in [0.4, 0.5) is 0 Å². The van der Waals surface area contributed by atoms with Crippen molar-refractivity contribution in [1.82, 2.24) is 0 Å². The van der Waals surface area contributed by atoms with Gasteiger partial charge in [-0.15, -0.1) is 0 Å². The third-order valence-corrected chi connectivity index (χ3v) is 4.12. The van der Waals surface area contributed by atoms with E-state index < -0.39 is 36.4 Å². The zero-order valence-electron chi connectivity index (χ0n) is 14.9. The number of carboxylic acids is 3. The smallest absolute Gasteiger partial charge is 0.336 e. The maximum Gasteiger partial charge on any atom is 0.336 e. The van der Waals surface area contributed by atoms with Gasteiger partial charge in [0, 0.05) is 22.3 Å². The van der Waals surface area contributed by atoms with E-state index in [1.54, 1.807) is 48.5 Å². The number of carbonyl (C=O) groups excluding carboxylic acids is 2. The highest BCUT2D eigenvalue weighted by Crippen LogP contribution is 2.26. The highest BCUT2D eigenvalue weighted by atomic mass is 16.4. The van der Waals surface area contributed by atoms with Crippen molar-refractivity contribution in [3.63, 3.8) is 0 Å². The second-order valence-corrected chi connectivity index (χ2v) is 6.23. The van der Waals surface area contributed by atoms with Gasteiger partial charge in [0.05, 0.1) is 12.8 Å². The summed E-state index contributed by atoms with van der Waals surface area (Å²) < 4.78 is 0. The molecule has 0 saturated carbocycles. The fourth-order valence-corrected chi connectivity index (χ4v) is 2.76. The van der Waals surface area contributed by atoms with Gasteiger partial charge in [0.15, 0.2) is 17.2 Å².